The van der Waals surface area contributed by atoms with Crippen molar-refractivity contribution in [2.24, 2.45) is 5.92 Å². The Morgan fingerprint density at radius 1 is 1.25 bits per heavy atom. The van der Waals surface area contributed by atoms with Gasteiger partial charge in [-0.3, -0.25) is 9.69 Å². The molecule has 0 unspecified atom stereocenters. The highest BCUT2D eigenvalue weighted by Gasteiger charge is 2.33. The van der Waals surface area contributed by atoms with E-state index < -0.39 is 0 Å². The number of hydrogen-bond donors (Lipinski definition) is 1. The van der Waals surface area contributed by atoms with Gasteiger partial charge in [-0.1, -0.05) is 30.3 Å². The molecule has 0 bridgehead atoms. The minimum atomic E-state index is -0.322. The van der Waals surface area contributed by atoms with E-state index in [2.05, 4.69) is 34.5 Å². The van der Waals surface area contributed by atoms with Crippen LogP contribution >= 0.6 is 23.7 Å². The third-order valence-electron chi connectivity index (χ3n) is 5.05. The molecule has 2 heterocycles. The first-order valence-electron chi connectivity index (χ1n) is 9.54. The second-order valence-corrected chi connectivity index (χ2v) is 8.24. The molecule has 1 aromatic heterocycles. The van der Waals surface area contributed by atoms with Gasteiger partial charge in [-0.15, -0.1) is 23.7 Å². The lowest BCUT2D eigenvalue weighted by atomic mass is 10.0. The molecule has 2 aliphatic rings. The first kappa shape index (κ1) is 20.8. The number of rotatable bonds is 6. The van der Waals surface area contributed by atoms with Gasteiger partial charge in [-0.2, -0.15) is 0 Å². The zero-order valence-corrected chi connectivity index (χ0v) is 17.5. The number of nitrogens with one attached hydrogen (secondary N) is 1. The summed E-state index contributed by atoms with van der Waals surface area (Å²) in [4.78, 5) is 28.4. The Hall–Kier alpha value is -1.89. The number of nitrogens with zero attached hydrogens (tertiary/aromatic N) is 1. The van der Waals surface area contributed by atoms with Crippen molar-refractivity contribution in [3.8, 4) is 0 Å². The highest BCUT2D eigenvalue weighted by Crippen LogP contribution is 2.39. The molecule has 2 aromatic rings. The lowest BCUT2D eigenvalue weighted by Crippen LogP contribution is -2.30. The number of halogens is 1. The summed E-state index contributed by atoms with van der Waals surface area (Å²) in [6.45, 7) is 4.71. The molecule has 1 amide bonds. The number of esters is 1. The van der Waals surface area contributed by atoms with Crippen LogP contribution in [0, 0.1) is 5.92 Å². The van der Waals surface area contributed by atoms with Gasteiger partial charge in [0.15, 0.2) is 0 Å². The number of anilines is 1. The summed E-state index contributed by atoms with van der Waals surface area (Å²) in [7, 11) is 0. The third-order valence-corrected chi connectivity index (χ3v) is 6.18. The molecule has 7 heteroatoms. The average Bonchev–Trinajstić information content (AvgIpc) is 3.45. The summed E-state index contributed by atoms with van der Waals surface area (Å²) < 4.78 is 5.28. The molecule has 5 nitrogen and oxygen atoms in total. The Balaban J connectivity index is 0.00000225. The summed E-state index contributed by atoms with van der Waals surface area (Å²) >= 11 is 1.53. The molecule has 4 rings (SSSR count). The minimum Gasteiger partial charge on any atom is -0.462 e. The molecule has 1 aliphatic carbocycles. The molecule has 1 saturated carbocycles. The zero-order valence-electron chi connectivity index (χ0n) is 15.9. The summed E-state index contributed by atoms with van der Waals surface area (Å²) in [5, 5.41) is 3.66. The molecule has 1 aromatic carbocycles. The maximum absolute atomic E-state index is 12.6. The molecule has 150 valence electrons. The van der Waals surface area contributed by atoms with Crippen molar-refractivity contribution in [3.05, 3.63) is 51.9 Å². The second kappa shape index (κ2) is 9.07. The van der Waals surface area contributed by atoms with Crippen LogP contribution in [0.5, 0.6) is 0 Å². The summed E-state index contributed by atoms with van der Waals surface area (Å²) in [5.41, 5.74) is 2.91. The standard InChI is InChI=1S/C21H24N2O3S.ClH/c1-2-26-21(25)18-16-10-11-23(12-14-6-4-3-5-7-14)13-17(16)27-20(18)22-19(24)15-8-9-15;/h3-7,15H,2,8-13H2,1H3,(H,22,24);1H. The maximum atomic E-state index is 12.6. The average molecular weight is 421 g/mol. The highest BCUT2D eigenvalue weighted by atomic mass is 35.5. The van der Waals surface area contributed by atoms with E-state index in [-0.39, 0.29) is 30.2 Å². The number of hydrogen-bond acceptors (Lipinski definition) is 5. The molecule has 0 radical (unpaired) electrons. The van der Waals surface area contributed by atoms with Crippen LogP contribution in [0.1, 0.15) is 46.1 Å². The van der Waals surface area contributed by atoms with Gasteiger partial charge in [0.2, 0.25) is 5.91 Å². The molecule has 0 spiro atoms. The second-order valence-electron chi connectivity index (χ2n) is 7.14. The predicted molar refractivity (Wildman–Crippen MR) is 113 cm³/mol. The van der Waals surface area contributed by atoms with Crippen LogP contribution in [0.4, 0.5) is 5.00 Å². The van der Waals surface area contributed by atoms with Crippen LogP contribution in [-0.4, -0.2) is 29.9 Å². The van der Waals surface area contributed by atoms with Gasteiger partial charge < -0.3 is 10.1 Å². The van der Waals surface area contributed by atoms with Crippen molar-refractivity contribution in [1.82, 2.24) is 4.90 Å². The Kier molecular flexibility index (Phi) is 6.75. The topological polar surface area (TPSA) is 58.6 Å². The monoisotopic (exact) mass is 420 g/mol. The summed E-state index contributed by atoms with van der Waals surface area (Å²) in [6.07, 6.45) is 2.68. The molecular weight excluding hydrogens is 396 g/mol. The van der Waals surface area contributed by atoms with Gasteiger partial charge in [0.05, 0.1) is 12.2 Å². The third kappa shape index (κ3) is 4.57. The normalized spacial score (nSPS) is 16.0. The van der Waals surface area contributed by atoms with E-state index in [0.29, 0.717) is 17.2 Å². The quantitative estimate of drug-likeness (QED) is 0.709. The number of amides is 1. The maximum Gasteiger partial charge on any atom is 0.341 e. The number of benzene rings is 1. The van der Waals surface area contributed by atoms with E-state index in [1.54, 1.807) is 6.92 Å². The SMILES string of the molecule is CCOC(=O)c1c(NC(=O)C2CC2)sc2c1CCN(Cc1ccccc1)C2.Cl. The first-order chi connectivity index (χ1) is 13.2. The molecule has 1 N–H and O–H groups in total. The Morgan fingerprint density at radius 3 is 2.68 bits per heavy atom. The van der Waals surface area contributed by atoms with Gasteiger partial charge in [-0.25, -0.2) is 4.79 Å². The summed E-state index contributed by atoms with van der Waals surface area (Å²) in [5.74, 6) is -0.188. The largest absolute Gasteiger partial charge is 0.462 e. The van der Waals surface area contributed by atoms with Gasteiger partial charge in [0, 0.05) is 30.4 Å². The molecule has 1 fully saturated rings. The Bertz CT molecular complexity index is 849. The van der Waals surface area contributed by atoms with Crippen molar-refractivity contribution in [2.75, 3.05) is 18.5 Å². The van der Waals surface area contributed by atoms with E-state index in [0.717, 1.165) is 49.3 Å². The Labute approximate surface area is 175 Å². The minimum absolute atomic E-state index is 0. The fourth-order valence-corrected chi connectivity index (χ4v) is 4.78. The van der Waals surface area contributed by atoms with Crippen molar-refractivity contribution < 1.29 is 14.3 Å². The van der Waals surface area contributed by atoms with E-state index in [1.165, 1.54) is 16.9 Å². The Morgan fingerprint density at radius 2 is 2.00 bits per heavy atom. The molecule has 1 aliphatic heterocycles. The van der Waals surface area contributed by atoms with Crippen LogP contribution < -0.4 is 5.32 Å². The van der Waals surface area contributed by atoms with Gasteiger partial charge in [-0.05, 0) is 37.3 Å². The van der Waals surface area contributed by atoms with Crippen molar-refractivity contribution in [2.45, 2.75) is 39.3 Å². The van der Waals surface area contributed by atoms with E-state index in [1.807, 2.05) is 6.07 Å². The molecule has 0 saturated heterocycles. The van der Waals surface area contributed by atoms with Crippen LogP contribution in [0.2, 0.25) is 0 Å². The van der Waals surface area contributed by atoms with Gasteiger partial charge in [0.25, 0.3) is 0 Å². The fourth-order valence-electron chi connectivity index (χ4n) is 3.50. The zero-order chi connectivity index (χ0) is 18.8. The van der Waals surface area contributed by atoms with E-state index in [4.69, 9.17) is 4.74 Å². The smallest absolute Gasteiger partial charge is 0.341 e. The van der Waals surface area contributed by atoms with E-state index in [9.17, 15) is 9.59 Å². The fraction of sp³-hybridized carbons (Fsp3) is 0.429. The van der Waals surface area contributed by atoms with Crippen LogP contribution in [0.3, 0.4) is 0 Å². The number of ether oxygens (including phenoxy) is 1. The van der Waals surface area contributed by atoms with Crippen molar-refractivity contribution in [1.29, 1.82) is 0 Å². The van der Waals surface area contributed by atoms with Crippen LogP contribution in [-0.2, 0) is 29.0 Å². The van der Waals surface area contributed by atoms with Crippen molar-refractivity contribution in [3.63, 3.8) is 0 Å². The first-order valence-corrected chi connectivity index (χ1v) is 10.4. The van der Waals surface area contributed by atoms with Crippen LogP contribution in [0.15, 0.2) is 30.3 Å². The lowest BCUT2D eigenvalue weighted by Gasteiger charge is -2.27. The van der Waals surface area contributed by atoms with Crippen LogP contribution in [0.25, 0.3) is 0 Å². The van der Waals surface area contributed by atoms with Gasteiger partial charge >= 0.3 is 5.97 Å². The van der Waals surface area contributed by atoms with Crippen molar-refractivity contribution >= 4 is 40.6 Å². The number of fused-ring (bicyclic) bond motifs is 1. The number of thiophene rings is 1. The lowest BCUT2D eigenvalue weighted by molar-refractivity contribution is -0.117. The number of carbonyl (C=O) groups excluding carboxylic acids is 2. The predicted octanol–water partition coefficient (Wildman–Crippen LogP) is 4.25. The summed E-state index contributed by atoms with van der Waals surface area (Å²) in [6, 6.07) is 10.4. The molecular formula is C21H25ClN2O3S. The highest BCUT2D eigenvalue weighted by molar-refractivity contribution is 7.17. The number of carbonyl (C=O) groups is 2. The van der Waals surface area contributed by atoms with E-state index >= 15 is 0 Å². The molecule has 0 atom stereocenters. The van der Waals surface area contributed by atoms with Gasteiger partial charge in [0.1, 0.15) is 5.00 Å². The molecule has 28 heavy (non-hydrogen) atoms.